The number of nitrogens with zero attached hydrogens (tertiary/aromatic N) is 5. The van der Waals surface area contributed by atoms with E-state index in [1.807, 2.05) is 29.2 Å². The molecule has 2 fully saturated rings. The summed E-state index contributed by atoms with van der Waals surface area (Å²) in [6.45, 7) is 2.50. The molecular formula is C19H24N6O3. The molecule has 0 radical (unpaired) electrons. The Morgan fingerprint density at radius 1 is 1.14 bits per heavy atom. The zero-order chi connectivity index (χ0) is 19.3. The van der Waals surface area contributed by atoms with Crippen LogP contribution < -0.4 is 5.32 Å². The van der Waals surface area contributed by atoms with E-state index in [0.29, 0.717) is 25.4 Å². The van der Waals surface area contributed by atoms with E-state index in [2.05, 4.69) is 20.8 Å². The number of likely N-dealkylation sites (tertiary alicyclic amines) is 1. The fourth-order valence-electron chi connectivity index (χ4n) is 3.84. The minimum Gasteiger partial charge on any atom is -0.381 e. The molecular weight excluding hydrogens is 360 g/mol. The van der Waals surface area contributed by atoms with Crippen molar-refractivity contribution >= 4 is 17.5 Å². The summed E-state index contributed by atoms with van der Waals surface area (Å²) in [6, 6.07) is 7.36. The Hall–Kier alpha value is -2.81. The van der Waals surface area contributed by atoms with Crippen molar-refractivity contribution in [1.29, 1.82) is 0 Å². The number of carbonyl (C=O) groups is 2. The summed E-state index contributed by atoms with van der Waals surface area (Å²) in [5.41, 5.74) is 1.45. The molecule has 0 aliphatic carbocycles. The predicted molar refractivity (Wildman–Crippen MR) is 101 cm³/mol. The third kappa shape index (κ3) is 4.19. The molecule has 2 aliphatic rings. The van der Waals surface area contributed by atoms with Gasteiger partial charge in [-0.25, -0.2) is 4.68 Å². The summed E-state index contributed by atoms with van der Waals surface area (Å²) in [5.74, 6) is -0.0578. The third-order valence-electron chi connectivity index (χ3n) is 5.40. The number of aromatic nitrogens is 4. The Kier molecular flexibility index (Phi) is 5.61. The van der Waals surface area contributed by atoms with Crippen molar-refractivity contribution in [3.05, 3.63) is 30.6 Å². The number of hydrogen-bond acceptors (Lipinski definition) is 6. The van der Waals surface area contributed by atoms with Gasteiger partial charge in [0.15, 0.2) is 0 Å². The third-order valence-corrected chi connectivity index (χ3v) is 5.40. The highest BCUT2D eigenvalue weighted by Gasteiger charge is 2.32. The molecule has 2 aromatic rings. The number of anilines is 1. The first-order valence-electron chi connectivity index (χ1n) is 9.71. The highest BCUT2D eigenvalue weighted by atomic mass is 16.5. The quantitative estimate of drug-likeness (QED) is 0.852. The maximum atomic E-state index is 12.8. The number of tetrazole rings is 1. The topological polar surface area (TPSA) is 102 Å². The van der Waals surface area contributed by atoms with Crippen molar-refractivity contribution in [3.8, 4) is 5.69 Å². The van der Waals surface area contributed by atoms with Gasteiger partial charge in [0.25, 0.3) is 0 Å². The lowest BCUT2D eigenvalue weighted by Crippen LogP contribution is -2.46. The van der Waals surface area contributed by atoms with Crippen LogP contribution in [0.4, 0.5) is 5.69 Å². The van der Waals surface area contributed by atoms with Gasteiger partial charge in [-0.2, -0.15) is 0 Å². The normalized spacial score (nSPS) is 20.7. The number of amides is 2. The zero-order valence-corrected chi connectivity index (χ0v) is 15.7. The summed E-state index contributed by atoms with van der Waals surface area (Å²) in [6.07, 6.45) is 4.68. The van der Waals surface area contributed by atoms with Gasteiger partial charge in [-0.1, -0.05) is 6.07 Å². The molecule has 1 N–H and O–H groups in total. The van der Waals surface area contributed by atoms with Crippen molar-refractivity contribution in [1.82, 2.24) is 25.1 Å². The van der Waals surface area contributed by atoms with E-state index in [1.165, 1.54) is 11.0 Å². The Labute approximate surface area is 163 Å². The van der Waals surface area contributed by atoms with Crippen molar-refractivity contribution in [3.63, 3.8) is 0 Å². The van der Waals surface area contributed by atoms with Crippen molar-refractivity contribution in [2.75, 3.05) is 31.6 Å². The summed E-state index contributed by atoms with van der Waals surface area (Å²) in [7, 11) is 0. The predicted octanol–water partition coefficient (Wildman–Crippen LogP) is 1.27. The Morgan fingerprint density at radius 3 is 2.79 bits per heavy atom. The molecule has 1 unspecified atom stereocenters. The highest BCUT2D eigenvalue weighted by molar-refractivity contribution is 5.93. The zero-order valence-electron chi connectivity index (χ0n) is 15.7. The van der Waals surface area contributed by atoms with E-state index >= 15 is 0 Å². The molecule has 0 saturated carbocycles. The van der Waals surface area contributed by atoms with Crippen LogP contribution in [0.3, 0.4) is 0 Å². The van der Waals surface area contributed by atoms with E-state index in [9.17, 15) is 9.59 Å². The van der Waals surface area contributed by atoms with Crippen molar-refractivity contribution in [2.45, 2.75) is 25.7 Å². The number of rotatable bonds is 4. The molecule has 148 valence electrons. The average Bonchev–Trinajstić information content (AvgIpc) is 3.29. The van der Waals surface area contributed by atoms with Gasteiger partial charge in [0.1, 0.15) is 6.33 Å². The molecule has 0 spiro atoms. The summed E-state index contributed by atoms with van der Waals surface area (Å²) < 4.78 is 6.88. The van der Waals surface area contributed by atoms with Crippen LogP contribution in [0, 0.1) is 11.8 Å². The number of benzene rings is 1. The van der Waals surface area contributed by atoms with Crippen molar-refractivity contribution in [2.24, 2.45) is 11.8 Å². The second-order valence-corrected chi connectivity index (χ2v) is 7.30. The Balaban J connectivity index is 1.38. The molecule has 2 amide bonds. The lowest BCUT2D eigenvalue weighted by atomic mass is 9.93. The van der Waals surface area contributed by atoms with Gasteiger partial charge in [0, 0.05) is 37.9 Å². The lowest BCUT2D eigenvalue weighted by Gasteiger charge is -2.35. The molecule has 0 bridgehead atoms. The van der Waals surface area contributed by atoms with Crippen LogP contribution in [0.1, 0.15) is 25.7 Å². The van der Waals surface area contributed by atoms with Crippen LogP contribution in [0.2, 0.25) is 0 Å². The minimum atomic E-state index is -0.200. The van der Waals surface area contributed by atoms with Crippen LogP contribution >= 0.6 is 0 Å². The van der Waals surface area contributed by atoms with Gasteiger partial charge in [-0.05, 0) is 54.3 Å². The van der Waals surface area contributed by atoms with E-state index in [1.54, 1.807) is 0 Å². The van der Waals surface area contributed by atoms with Gasteiger partial charge in [-0.3, -0.25) is 9.59 Å². The molecule has 1 atom stereocenters. The molecule has 4 rings (SSSR count). The summed E-state index contributed by atoms with van der Waals surface area (Å²) in [5, 5.41) is 14.1. The molecule has 2 saturated heterocycles. The smallest absolute Gasteiger partial charge is 0.229 e. The van der Waals surface area contributed by atoms with E-state index in [0.717, 1.165) is 37.9 Å². The number of carbonyl (C=O) groups excluding carboxylic acids is 2. The average molecular weight is 384 g/mol. The first kappa shape index (κ1) is 18.5. The second-order valence-electron chi connectivity index (χ2n) is 7.30. The first-order valence-corrected chi connectivity index (χ1v) is 9.71. The number of hydrogen-bond donors (Lipinski definition) is 1. The fraction of sp³-hybridized carbons (Fsp3) is 0.526. The summed E-state index contributed by atoms with van der Waals surface area (Å²) >= 11 is 0. The molecule has 2 aliphatic heterocycles. The highest BCUT2D eigenvalue weighted by Crippen LogP contribution is 2.24. The largest absolute Gasteiger partial charge is 0.381 e. The first-order chi connectivity index (χ1) is 13.7. The van der Waals surface area contributed by atoms with Gasteiger partial charge < -0.3 is 15.0 Å². The molecule has 1 aromatic carbocycles. The molecule has 9 heteroatoms. The van der Waals surface area contributed by atoms with Crippen LogP contribution in [-0.4, -0.2) is 63.2 Å². The SMILES string of the molecule is O=C(Nc1cccc(-n2cnnn2)c1)C1CCCN(C(=O)C2CCOCC2)C1. The lowest BCUT2D eigenvalue weighted by molar-refractivity contribution is -0.141. The Morgan fingerprint density at radius 2 is 2.00 bits per heavy atom. The van der Waals surface area contributed by atoms with Gasteiger partial charge in [-0.15, -0.1) is 5.10 Å². The van der Waals surface area contributed by atoms with E-state index in [-0.39, 0.29) is 23.7 Å². The van der Waals surface area contributed by atoms with Crippen molar-refractivity contribution < 1.29 is 14.3 Å². The standard InChI is InChI=1S/C19H24N6O3/c26-18(21-16-4-1-5-17(11-16)25-13-20-22-23-25)15-3-2-8-24(12-15)19(27)14-6-9-28-10-7-14/h1,4-5,11,13-15H,2-3,6-10,12H2,(H,21,26). The van der Waals surface area contributed by atoms with Crippen LogP contribution in [0.15, 0.2) is 30.6 Å². The maximum absolute atomic E-state index is 12.8. The summed E-state index contributed by atoms with van der Waals surface area (Å²) in [4.78, 5) is 27.4. The van der Waals surface area contributed by atoms with Gasteiger partial charge in [0.2, 0.25) is 11.8 Å². The molecule has 28 heavy (non-hydrogen) atoms. The molecule has 3 heterocycles. The van der Waals surface area contributed by atoms with Crippen LogP contribution in [-0.2, 0) is 14.3 Å². The van der Waals surface area contributed by atoms with Gasteiger partial charge in [0.05, 0.1) is 11.6 Å². The monoisotopic (exact) mass is 384 g/mol. The van der Waals surface area contributed by atoms with Crippen LogP contribution in [0.5, 0.6) is 0 Å². The van der Waals surface area contributed by atoms with Gasteiger partial charge >= 0.3 is 0 Å². The second kappa shape index (κ2) is 8.47. The van der Waals surface area contributed by atoms with E-state index < -0.39 is 0 Å². The number of ether oxygens (including phenoxy) is 1. The Bertz CT molecular complexity index is 819. The molecule has 9 nitrogen and oxygen atoms in total. The number of nitrogens with one attached hydrogen (secondary N) is 1. The van der Waals surface area contributed by atoms with Crippen LogP contribution in [0.25, 0.3) is 5.69 Å². The number of piperidine rings is 1. The fourth-order valence-corrected chi connectivity index (χ4v) is 3.84. The maximum Gasteiger partial charge on any atom is 0.229 e. The molecule has 1 aromatic heterocycles. The van der Waals surface area contributed by atoms with E-state index in [4.69, 9.17) is 4.74 Å². The minimum absolute atomic E-state index is 0.0310.